The van der Waals surface area contributed by atoms with Crippen molar-refractivity contribution in [2.75, 3.05) is 40.4 Å². The molecule has 2 rings (SSSR count). The maximum absolute atomic E-state index is 12.3. The van der Waals surface area contributed by atoms with Crippen LogP contribution in [0.4, 0.5) is 0 Å². The summed E-state index contributed by atoms with van der Waals surface area (Å²) in [6.07, 6.45) is 1.89. The zero-order valence-electron chi connectivity index (χ0n) is 14.1. The van der Waals surface area contributed by atoms with E-state index in [0.29, 0.717) is 18.7 Å². The second kappa shape index (κ2) is 8.06. The van der Waals surface area contributed by atoms with Gasteiger partial charge in [0.25, 0.3) is 5.91 Å². The Bertz CT molecular complexity index is 647. The number of nitrogens with one attached hydrogen (secondary N) is 3. The van der Waals surface area contributed by atoms with Crippen molar-refractivity contribution in [3.05, 3.63) is 29.8 Å². The lowest BCUT2D eigenvalue weighted by Gasteiger charge is -2.37. The van der Waals surface area contributed by atoms with E-state index in [1.165, 1.54) is 31.3 Å². The van der Waals surface area contributed by atoms with Crippen molar-refractivity contribution < 1.29 is 17.9 Å². The van der Waals surface area contributed by atoms with Crippen LogP contribution in [0.1, 0.15) is 23.2 Å². The van der Waals surface area contributed by atoms with Gasteiger partial charge in [0.1, 0.15) is 0 Å². The van der Waals surface area contributed by atoms with Gasteiger partial charge in [-0.05, 0) is 57.2 Å². The number of benzene rings is 1. The standard InChI is InChI=1S/C16H25N3O4S/c1-17-24(21,22)14-5-3-13(4-6-14)15(20)19-11-16(12-23-2)7-9-18-10-8-16/h3-6,17-18H,7-12H2,1-2H3,(H,19,20). The van der Waals surface area contributed by atoms with Gasteiger partial charge in [-0.2, -0.15) is 0 Å². The number of ether oxygens (including phenoxy) is 1. The van der Waals surface area contributed by atoms with Crippen molar-refractivity contribution in [2.24, 2.45) is 5.41 Å². The molecular weight excluding hydrogens is 330 g/mol. The van der Waals surface area contributed by atoms with Crippen LogP contribution in [0.25, 0.3) is 0 Å². The molecule has 1 fully saturated rings. The Morgan fingerprint density at radius 3 is 2.42 bits per heavy atom. The van der Waals surface area contributed by atoms with Crippen LogP contribution in [0, 0.1) is 5.41 Å². The molecule has 7 nitrogen and oxygen atoms in total. The van der Waals surface area contributed by atoms with E-state index >= 15 is 0 Å². The summed E-state index contributed by atoms with van der Waals surface area (Å²) >= 11 is 0. The molecule has 1 aliphatic heterocycles. The molecule has 1 saturated heterocycles. The summed E-state index contributed by atoms with van der Waals surface area (Å²) in [5.41, 5.74) is 0.386. The van der Waals surface area contributed by atoms with Gasteiger partial charge in [-0.3, -0.25) is 4.79 Å². The van der Waals surface area contributed by atoms with Crippen LogP contribution in [0.2, 0.25) is 0 Å². The summed E-state index contributed by atoms with van der Waals surface area (Å²) in [5, 5.41) is 6.27. The molecular formula is C16H25N3O4S. The topological polar surface area (TPSA) is 96.5 Å². The second-order valence-corrected chi connectivity index (χ2v) is 7.98. The number of amides is 1. The molecule has 0 aliphatic carbocycles. The molecule has 0 unspecified atom stereocenters. The Morgan fingerprint density at radius 2 is 1.88 bits per heavy atom. The maximum atomic E-state index is 12.3. The van der Waals surface area contributed by atoms with Gasteiger partial charge in [-0.25, -0.2) is 13.1 Å². The highest BCUT2D eigenvalue weighted by Crippen LogP contribution is 2.28. The van der Waals surface area contributed by atoms with Crippen molar-refractivity contribution in [1.29, 1.82) is 0 Å². The number of hydrogen-bond donors (Lipinski definition) is 3. The van der Waals surface area contributed by atoms with Gasteiger partial charge < -0.3 is 15.4 Å². The molecule has 3 N–H and O–H groups in total. The highest BCUT2D eigenvalue weighted by atomic mass is 32.2. The molecule has 8 heteroatoms. The number of sulfonamides is 1. The Morgan fingerprint density at radius 1 is 1.25 bits per heavy atom. The Labute approximate surface area is 143 Å². The van der Waals surface area contributed by atoms with Crippen LogP contribution in [-0.2, 0) is 14.8 Å². The third-order valence-corrected chi connectivity index (χ3v) is 5.86. The van der Waals surface area contributed by atoms with Crippen molar-refractivity contribution in [2.45, 2.75) is 17.7 Å². The molecule has 0 aromatic heterocycles. The second-order valence-electron chi connectivity index (χ2n) is 6.10. The average molecular weight is 355 g/mol. The molecule has 0 atom stereocenters. The van der Waals surface area contributed by atoms with E-state index in [1.54, 1.807) is 7.11 Å². The van der Waals surface area contributed by atoms with Gasteiger partial charge in [0.05, 0.1) is 11.5 Å². The molecule has 1 aromatic rings. The normalized spacial score (nSPS) is 17.4. The van der Waals surface area contributed by atoms with E-state index in [-0.39, 0.29) is 16.2 Å². The van der Waals surface area contributed by atoms with Crippen LogP contribution >= 0.6 is 0 Å². The number of carbonyl (C=O) groups excluding carboxylic acids is 1. The SMILES string of the molecule is CNS(=O)(=O)c1ccc(C(=O)NCC2(COC)CCNCC2)cc1. The predicted molar refractivity (Wildman–Crippen MR) is 91.4 cm³/mol. The average Bonchev–Trinajstić information content (AvgIpc) is 2.61. The number of methoxy groups -OCH3 is 1. The van der Waals surface area contributed by atoms with Gasteiger partial charge in [-0.15, -0.1) is 0 Å². The lowest BCUT2D eigenvalue weighted by Crippen LogP contribution is -2.47. The Balaban J connectivity index is 2.01. The number of carbonyl (C=O) groups is 1. The molecule has 0 spiro atoms. The molecule has 0 bridgehead atoms. The fourth-order valence-corrected chi connectivity index (χ4v) is 3.64. The Kier molecular flexibility index (Phi) is 6.34. The van der Waals surface area contributed by atoms with Crippen LogP contribution in [-0.4, -0.2) is 54.7 Å². The summed E-state index contributed by atoms with van der Waals surface area (Å²) in [5.74, 6) is -0.211. The van der Waals surface area contributed by atoms with Gasteiger partial charge in [0.2, 0.25) is 10.0 Å². The molecule has 1 aromatic carbocycles. The predicted octanol–water partition coefficient (Wildman–Crippen LogP) is 0.341. The first-order chi connectivity index (χ1) is 11.4. The third kappa shape index (κ3) is 4.54. The zero-order valence-corrected chi connectivity index (χ0v) is 14.9. The molecule has 1 aliphatic rings. The molecule has 0 saturated carbocycles. The van der Waals surface area contributed by atoms with Crippen LogP contribution in [0.15, 0.2) is 29.2 Å². The third-order valence-electron chi connectivity index (χ3n) is 4.43. The lowest BCUT2D eigenvalue weighted by atomic mass is 9.79. The van der Waals surface area contributed by atoms with E-state index in [0.717, 1.165) is 25.9 Å². The van der Waals surface area contributed by atoms with E-state index < -0.39 is 10.0 Å². The quantitative estimate of drug-likeness (QED) is 0.655. The van der Waals surface area contributed by atoms with Crippen molar-refractivity contribution in [1.82, 2.24) is 15.4 Å². The molecule has 1 heterocycles. The summed E-state index contributed by atoms with van der Waals surface area (Å²) < 4.78 is 31.0. The highest BCUT2D eigenvalue weighted by molar-refractivity contribution is 7.89. The first-order valence-corrected chi connectivity index (χ1v) is 9.42. The largest absolute Gasteiger partial charge is 0.384 e. The maximum Gasteiger partial charge on any atom is 0.251 e. The van der Waals surface area contributed by atoms with Crippen molar-refractivity contribution in [3.63, 3.8) is 0 Å². The fourth-order valence-electron chi connectivity index (χ4n) is 2.91. The van der Waals surface area contributed by atoms with Gasteiger partial charge in [-0.1, -0.05) is 0 Å². The molecule has 0 radical (unpaired) electrons. The molecule has 1 amide bonds. The lowest BCUT2D eigenvalue weighted by molar-refractivity contribution is 0.0511. The minimum atomic E-state index is -3.49. The first kappa shape index (κ1) is 18.9. The minimum Gasteiger partial charge on any atom is -0.384 e. The van der Waals surface area contributed by atoms with Crippen molar-refractivity contribution in [3.8, 4) is 0 Å². The molecule has 134 valence electrons. The number of piperidine rings is 1. The van der Waals surface area contributed by atoms with E-state index in [9.17, 15) is 13.2 Å². The monoisotopic (exact) mass is 355 g/mol. The molecule has 24 heavy (non-hydrogen) atoms. The zero-order chi connectivity index (χ0) is 17.6. The highest BCUT2D eigenvalue weighted by Gasteiger charge is 2.32. The number of hydrogen-bond acceptors (Lipinski definition) is 5. The van der Waals surface area contributed by atoms with Gasteiger partial charge in [0, 0.05) is 24.6 Å². The van der Waals surface area contributed by atoms with Gasteiger partial charge >= 0.3 is 0 Å². The van der Waals surface area contributed by atoms with Crippen LogP contribution < -0.4 is 15.4 Å². The van der Waals surface area contributed by atoms with Crippen molar-refractivity contribution >= 4 is 15.9 Å². The summed E-state index contributed by atoms with van der Waals surface area (Å²) in [4.78, 5) is 12.5. The summed E-state index contributed by atoms with van der Waals surface area (Å²) in [6.45, 7) is 2.97. The minimum absolute atomic E-state index is 0.0505. The smallest absolute Gasteiger partial charge is 0.251 e. The van der Waals surface area contributed by atoms with Gasteiger partial charge in [0.15, 0.2) is 0 Å². The van der Waals surface area contributed by atoms with Crippen LogP contribution in [0.5, 0.6) is 0 Å². The van der Waals surface area contributed by atoms with E-state index in [2.05, 4.69) is 15.4 Å². The Hall–Kier alpha value is -1.48. The van der Waals surface area contributed by atoms with E-state index in [1.807, 2.05) is 0 Å². The van der Waals surface area contributed by atoms with E-state index in [4.69, 9.17) is 4.74 Å². The van der Waals surface area contributed by atoms with Crippen LogP contribution in [0.3, 0.4) is 0 Å². The number of rotatable bonds is 7. The summed E-state index contributed by atoms with van der Waals surface area (Å²) in [7, 11) is -0.468. The first-order valence-electron chi connectivity index (χ1n) is 7.94. The summed E-state index contributed by atoms with van der Waals surface area (Å²) in [6, 6.07) is 5.89. The fraction of sp³-hybridized carbons (Fsp3) is 0.562.